The van der Waals surface area contributed by atoms with Crippen LogP contribution in [0.1, 0.15) is 38.5 Å². The summed E-state index contributed by atoms with van der Waals surface area (Å²) in [7, 11) is -0.385. The van der Waals surface area contributed by atoms with Crippen LogP contribution in [0.25, 0.3) is 0 Å². The number of anilines is 2. The molecule has 1 aliphatic carbocycles. The van der Waals surface area contributed by atoms with Crippen molar-refractivity contribution in [2.45, 2.75) is 49.5 Å². The van der Waals surface area contributed by atoms with Crippen LogP contribution in [0.4, 0.5) is 11.4 Å². The van der Waals surface area contributed by atoms with Crippen LogP contribution in [0.15, 0.2) is 53.4 Å². The summed E-state index contributed by atoms with van der Waals surface area (Å²) in [5.74, 6) is -0.254. The normalized spacial score (nSPS) is 19.4. The summed E-state index contributed by atoms with van der Waals surface area (Å²) in [6.45, 7) is 0.274. The van der Waals surface area contributed by atoms with Crippen molar-refractivity contribution in [3.05, 3.63) is 48.5 Å². The second kappa shape index (κ2) is 10.1. The summed E-state index contributed by atoms with van der Waals surface area (Å²) in [5.41, 5.74) is 1.19. The maximum Gasteiger partial charge on any atom is 0.243 e. The van der Waals surface area contributed by atoms with Gasteiger partial charge in [0.25, 0.3) is 0 Å². The minimum Gasteiger partial charge on any atom is -0.497 e. The zero-order valence-electron chi connectivity index (χ0n) is 19.6. The Bertz CT molecular complexity index is 1140. The highest BCUT2D eigenvalue weighted by Crippen LogP contribution is 2.29. The molecule has 2 aliphatic rings. The van der Waals surface area contributed by atoms with Crippen LogP contribution in [0, 0.1) is 5.92 Å². The highest BCUT2D eigenvalue weighted by atomic mass is 32.2. The minimum absolute atomic E-state index is 0.0329. The Morgan fingerprint density at radius 3 is 2.47 bits per heavy atom. The largest absolute Gasteiger partial charge is 0.497 e. The molecule has 2 fully saturated rings. The Morgan fingerprint density at radius 1 is 1.09 bits per heavy atom. The lowest BCUT2D eigenvalue weighted by Gasteiger charge is -2.30. The Hall–Kier alpha value is -2.91. The lowest BCUT2D eigenvalue weighted by atomic mass is 9.96. The lowest BCUT2D eigenvalue weighted by molar-refractivity contribution is -0.122. The highest BCUT2D eigenvalue weighted by Gasteiger charge is 2.35. The summed E-state index contributed by atoms with van der Waals surface area (Å²) in [5, 5.41) is 2.82. The van der Waals surface area contributed by atoms with Gasteiger partial charge in [-0.25, -0.2) is 8.42 Å². The number of methoxy groups -OCH3 is 1. The molecule has 1 atom stereocenters. The molecule has 8 nitrogen and oxygen atoms in total. The smallest absolute Gasteiger partial charge is 0.243 e. The fourth-order valence-corrected chi connectivity index (χ4v) is 6.09. The molecule has 1 aliphatic heterocycles. The molecule has 0 radical (unpaired) electrons. The Morgan fingerprint density at radius 2 is 1.79 bits per heavy atom. The molecule has 0 spiro atoms. The van der Waals surface area contributed by atoms with Gasteiger partial charge in [0.2, 0.25) is 21.8 Å². The van der Waals surface area contributed by atoms with Gasteiger partial charge in [-0.2, -0.15) is 4.31 Å². The van der Waals surface area contributed by atoms with Crippen molar-refractivity contribution in [1.29, 1.82) is 0 Å². The number of sulfonamides is 1. The summed E-state index contributed by atoms with van der Waals surface area (Å²) < 4.78 is 32.7. The van der Waals surface area contributed by atoms with Gasteiger partial charge in [0.05, 0.1) is 17.9 Å². The first kappa shape index (κ1) is 24.2. The molecule has 2 amide bonds. The zero-order chi connectivity index (χ0) is 24.3. The number of nitrogens with zero attached hydrogens (tertiary/aromatic N) is 2. The minimum atomic E-state index is -3.59. The van der Waals surface area contributed by atoms with Crippen molar-refractivity contribution >= 4 is 33.2 Å². The topological polar surface area (TPSA) is 96.0 Å². The number of hydrogen-bond acceptors (Lipinski definition) is 5. The van der Waals surface area contributed by atoms with Gasteiger partial charge in [-0.3, -0.25) is 9.59 Å². The molecule has 1 saturated heterocycles. The molecule has 182 valence electrons. The summed E-state index contributed by atoms with van der Waals surface area (Å²) >= 11 is 0. The molecule has 34 heavy (non-hydrogen) atoms. The van der Waals surface area contributed by atoms with Gasteiger partial charge < -0.3 is 15.0 Å². The van der Waals surface area contributed by atoms with Crippen LogP contribution in [0.5, 0.6) is 5.75 Å². The summed E-state index contributed by atoms with van der Waals surface area (Å²) in [6.07, 6.45) is 5.14. The average Bonchev–Trinajstić information content (AvgIpc) is 3.26. The molecule has 2 aromatic carbocycles. The van der Waals surface area contributed by atoms with E-state index in [1.807, 2.05) is 6.07 Å². The first-order chi connectivity index (χ1) is 16.3. The first-order valence-corrected chi connectivity index (χ1v) is 13.1. The van der Waals surface area contributed by atoms with Crippen LogP contribution in [0.3, 0.4) is 0 Å². The first-order valence-electron chi connectivity index (χ1n) is 11.6. The zero-order valence-corrected chi connectivity index (χ0v) is 20.4. The van der Waals surface area contributed by atoms with Crippen LogP contribution < -0.4 is 15.0 Å². The van der Waals surface area contributed by atoms with Crippen LogP contribution >= 0.6 is 0 Å². The van der Waals surface area contributed by atoms with Gasteiger partial charge in [0.1, 0.15) is 5.75 Å². The van der Waals surface area contributed by atoms with Gasteiger partial charge in [-0.1, -0.05) is 25.3 Å². The van der Waals surface area contributed by atoms with Crippen molar-refractivity contribution in [1.82, 2.24) is 4.31 Å². The molecule has 4 rings (SSSR count). The SMILES string of the molecule is COc1cccc(N2CC(C(=O)Nc3ccc(S(=O)(=O)N(C)C4CCCCC4)cc3)CC2=O)c1. The maximum absolute atomic E-state index is 13.0. The molecular formula is C25H31N3O5S. The van der Waals surface area contributed by atoms with E-state index in [4.69, 9.17) is 4.74 Å². The van der Waals surface area contributed by atoms with E-state index < -0.39 is 15.9 Å². The number of ether oxygens (including phenoxy) is 1. The average molecular weight is 486 g/mol. The van der Waals surface area contributed by atoms with Crippen molar-refractivity contribution in [2.75, 3.05) is 30.9 Å². The molecule has 1 heterocycles. The summed E-state index contributed by atoms with van der Waals surface area (Å²) in [4.78, 5) is 27.1. The number of carbonyl (C=O) groups excluding carboxylic acids is 2. The summed E-state index contributed by atoms with van der Waals surface area (Å²) in [6, 6.07) is 13.4. The van der Waals surface area contributed by atoms with Gasteiger partial charge in [0.15, 0.2) is 0 Å². The van der Waals surface area contributed by atoms with E-state index in [0.29, 0.717) is 17.1 Å². The van der Waals surface area contributed by atoms with Crippen molar-refractivity contribution < 1.29 is 22.7 Å². The lowest BCUT2D eigenvalue weighted by Crippen LogP contribution is -2.38. The Balaban J connectivity index is 1.39. The van der Waals surface area contributed by atoms with Gasteiger partial charge >= 0.3 is 0 Å². The molecule has 1 unspecified atom stereocenters. The van der Waals surface area contributed by atoms with Crippen LogP contribution in [0.2, 0.25) is 0 Å². The van der Waals surface area contributed by atoms with E-state index in [-0.39, 0.29) is 35.7 Å². The van der Waals surface area contributed by atoms with E-state index in [2.05, 4.69) is 5.32 Å². The monoisotopic (exact) mass is 485 g/mol. The number of hydrogen-bond donors (Lipinski definition) is 1. The fraction of sp³-hybridized carbons (Fsp3) is 0.440. The van der Waals surface area contributed by atoms with E-state index in [1.54, 1.807) is 49.4 Å². The van der Waals surface area contributed by atoms with E-state index >= 15 is 0 Å². The van der Waals surface area contributed by atoms with E-state index in [0.717, 1.165) is 32.1 Å². The van der Waals surface area contributed by atoms with Crippen LogP contribution in [-0.4, -0.2) is 51.3 Å². The van der Waals surface area contributed by atoms with Crippen LogP contribution in [-0.2, 0) is 19.6 Å². The third-order valence-corrected chi connectivity index (χ3v) is 8.67. The second-order valence-electron chi connectivity index (χ2n) is 8.93. The number of benzene rings is 2. The highest BCUT2D eigenvalue weighted by molar-refractivity contribution is 7.89. The second-order valence-corrected chi connectivity index (χ2v) is 10.9. The van der Waals surface area contributed by atoms with Crippen molar-refractivity contribution in [3.8, 4) is 5.75 Å². The predicted molar refractivity (Wildman–Crippen MR) is 130 cm³/mol. The van der Waals surface area contributed by atoms with Crippen molar-refractivity contribution in [2.24, 2.45) is 5.92 Å². The van der Waals surface area contributed by atoms with Gasteiger partial charge in [-0.05, 0) is 49.2 Å². The Kier molecular flexibility index (Phi) is 7.23. The van der Waals surface area contributed by atoms with Gasteiger partial charge in [0, 0.05) is 43.5 Å². The number of carbonyl (C=O) groups is 2. The van der Waals surface area contributed by atoms with Gasteiger partial charge in [-0.15, -0.1) is 0 Å². The fourth-order valence-electron chi connectivity index (χ4n) is 4.67. The third-order valence-electron chi connectivity index (χ3n) is 6.75. The standard InChI is InChI=1S/C25H31N3O5S/c1-27(20-7-4-3-5-8-20)34(31,32)23-13-11-19(12-14-23)26-25(30)18-15-24(29)28(17-18)21-9-6-10-22(16-21)33-2/h6,9-14,16,18,20H,3-5,7-8,15,17H2,1-2H3,(H,26,30). The predicted octanol–water partition coefficient (Wildman–Crippen LogP) is 3.64. The third kappa shape index (κ3) is 5.10. The molecule has 1 saturated carbocycles. The molecule has 2 aromatic rings. The maximum atomic E-state index is 13.0. The van der Waals surface area contributed by atoms with E-state index in [9.17, 15) is 18.0 Å². The number of rotatable bonds is 7. The molecular weight excluding hydrogens is 454 g/mol. The molecule has 9 heteroatoms. The Labute approximate surface area is 200 Å². The molecule has 1 N–H and O–H groups in total. The van der Waals surface area contributed by atoms with Crippen molar-refractivity contribution in [3.63, 3.8) is 0 Å². The number of nitrogens with one attached hydrogen (secondary N) is 1. The quantitative estimate of drug-likeness (QED) is 0.646. The molecule has 0 bridgehead atoms. The van der Waals surface area contributed by atoms with E-state index in [1.165, 1.54) is 16.4 Å². The number of amides is 2. The molecule has 0 aromatic heterocycles.